The van der Waals surface area contributed by atoms with E-state index in [0.29, 0.717) is 19.3 Å². The topological polar surface area (TPSA) is 78.9 Å². The Morgan fingerprint density at radius 3 is 1.18 bits per heavy atom. The highest BCUT2D eigenvalue weighted by Crippen LogP contribution is 2.12. The lowest BCUT2D eigenvalue weighted by Crippen LogP contribution is -2.30. The molecule has 0 amide bonds. The fourth-order valence-corrected chi connectivity index (χ4v) is 5.79. The van der Waals surface area contributed by atoms with Crippen LogP contribution in [0.5, 0.6) is 0 Å². The first kappa shape index (κ1) is 53.3. The van der Waals surface area contributed by atoms with Crippen LogP contribution in [-0.2, 0) is 28.6 Å². The van der Waals surface area contributed by atoms with Gasteiger partial charge in [0.25, 0.3) is 0 Å². The number of ether oxygens (including phenoxy) is 3. The van der Waals surface area contributed by atoms with Crippen LogP contribution < -0.4 is 0 Å². The first-order valence-corrected chi connectivity index (χ1v) is 22.8. The Balaban J connectivity index is 4.49. The Kier molecular flexibility index (Phi) is 42.1. The third-order valence-electron chi connectivity index (χ3n) is 9.13. The smallest absolute Gasteiger partial charge is 0.306 e. The molecule has 0 bridgehead atoms. The molecule has 0 fully saturated rings. The van der Waals surface area contributed by atoms with Gasteiger partial charge in [-0.1, -0.05) is 169 Å². The van der Waals surface area contributed by atoms with Gasteiger partial charge in [-0.3, -0.25) is 14.4 Å². The van der Waals surface area contributed by atoms with Crippen LogP contribution in [0.3, 0.4) is 0 Å². The predicted octanol–water partition coefficient (Wildman–Crippen LogP) is 14.6. The maximum absolute atomic E-state index is 12.7. The minimum Gasteiger partial charge on any atom is -0.462 e. The molecule has 0 aromatic rings. The summed E-state index contributed by atoms with van der Waals surface area (Å²) < 4.78 is 16.7. The normalized spacial score (nSPS) is 13.0. The minimum atomic E-state index is -0.802. The first-order valence-electron chi connectivity index (χ1n) is 22.8. The molecule has 0 radical (unpaired) electrons. The molecule has 0 aliphatic heterocycles. The Bertz CT molecular complexity index is 1180. The van der Waals surface area contributed by atoms with Gasteiger partial charge in [0.15, 0.2) is 6.10 Å². The highest BCUT2D eigenvalue weighted by Gasteiger charge is 2.19. The van der Waals surface area contributed by atoms with Gasteiger partial charge >= 0.3 is 17.9 Å². The maximum atomic E-state index is 12.7. The molecule has 0 rings (SSSR count). The lowest BCUT2D eigenvalue weighted by Gasteiger charge is -2.18. The summed E-state index contributed by atoms with van der Waals surface area (Å²) in [6, 6.07) is 0. The van der Waals surface area contributed by atoms with Crippen molar-refractivity contribution in [3.05, 3.63) is 97.2 Å². The highest BCUT2D eigenvalue weighted by molar-refractivity contribution is 5.71. The van der Waals surface area contributed by atoms with Gasteiger partial charge in [-0.2, -0.15) is 0 Å². The molecule has 1 atom stereocenters. The summed E-state index contributed by atoms with van der Waals surface area (Å²) in [6.07, 6.45) is 58.2. The van der Waals surface area contributed by atoms with E-state index < -0.39 is 6.10 Å². The number of rotatable bonds is 39. The number of hydrogen-bond donors (Lipinski definition) is 0. The summed E-state index contributed by atoms with van der Waals surface area (Å²) in [6.45, 7) is 6.20. The van der Waals surface area contributed by atoms with E-state index in [4.69, 9.17) is 14.2 Å². The van der Waals surface area contributed by atoms with Crippen molar-refractivity contribution in [2.24, 2.45) is 0 Å². The van der Waals surface area contributed by atoms with Gasteiger partial charge in [-0.15, -0.1) is 0 Å². The largest absolute Gasteiger partial charge is 0.462 e. The van der Waals surface area contributed by atoms with Gasteiger partial charge < -0.3 is 14.2 Å². The molecule has 0 saturated carbocycles. The van der Waals surface area contributed by atoms with Gasteiger partial charge in [0.05, 0.1) is 0 Å². The molecule has 0 aliphatic carbocycles. The second kappa shape index (κ2) is 45.0. The van der Waals surface area contributed by atoms with Crippen molar-refractivity contribution in [2.45, 2.75) is 194 Å². The van der Waals surface area contributed by atoms with Crippen molar-refractivity contribution in [1.29, 1.82) is 0 Å². The molecule has 0 heterocycles. The number of carbonyl (C=O) groups is 3. The summed E-state index contributed by atoms with van der Waals surface area (Å²) in [5.41, 5.74) is 0. The predicted molar refractivity (Wildman–Crippen MR) is 242 cm³/mol. The summed E-state index contributed by atoms with van der Waals surface area (Å²) in [5.74, 6) is -0.970. The molecule has 0 N–H and O–H groups in total. The van der Waals surface area contributed by atoms with Crippen LogP contribution in [0.15, 0.2) is 97.2 Å². The van der Waals surface area contributed by atoms with Crippen molar-refractivity contribution < 1.29 is 28.6 Å². The second-order valence-electron chi connectivity index (χ2n) is 14.6. The Morgan fingerprint density at radius 2 is 0.719 bits per heavy atom. The lowest BCUT2D eigenvalue weighted by molar-refractivity contribution is -0.167. The van der Waals surface area contributed by atoms with E-state index in [0.717, 1.165) is 148 Å². The average molecular weight is 791 g/mol. The Morgan fingerprint density at radius 1 is 0.368 bits per heavy atom. The molecule has 6 nitrogen and oxygen atoms in total. The van der Waals surface area contributed by atoms with E-state index in [1.54, 1.807) is 0 Å². The molecule has 322 valence electrons. The SMILES string of the molecule is CC\C=C/C=C\C=C/CCCCCCCC(=O)OC(COC(=O)CCCCCC/C=C\C/C=C\C/C=C\CC)COC(=O)CCCCCCC/C=C\C/C=C\CC. The standard InChI is InChI=1S/C51H82O6/c1-4-7-10-13-16-19-22-25-27-29-32-35-38-41-44-50(53)56-47-48(46-55-49(52)43-40-37-34-31-28-24-21-18-15-12-9-6-3)57-51(54)45-42-39-36-33-30-26-23-20-17-14-11-8-5-2/h7-12,14,16-21,23,25,27,48H,4-6,13,15,22,24,26,28-47H2,1-3H3/b10-7-,11-8-,12-9-,17-14-,19-16-,21-18-,23-20-,27-25-. The molecule has 0 aliphatic rings. The zero-order valence-corrected chi connectivity index (χ0v) is 36.6. The van der Waals surface area contributed by atoms with Crippen LogP contribution in [0, 0.1) is 0 Å². The Labute approximate surface area is 349 Å². The van der Waals surface area contributed by atoms with E-state index in [1.165, 1.54) is 0 Å². The van der Waals surface area contributed by atoms with Crippen molar-refractivity contribution in [2.75, 3.05) is 13.2 Å². The van der Waals surface area contributed by atoms with Gasteiger partial charge in [-0.05, 0) is 96.3 Å². The monoisotopic (exact) mass is 791 g/mol. The zero-order valence-electron chi connectivity index (χ0n) is 36.6. The lowest BCUT2D eigenvalue weighted by atomic mass is 10.1. The Hall–Kier alpha value is -3.67. The number of esters is 3. The van der Waals surface area contributed by atoms with Crippen LogP contribution in [0.2, 0.25) is 0 Å². The fourth-order valence-electron chi connectivity index (χ4n) is 5.79. The summed E-state index contributed by atoms with van der Waals surface area (Å²) >= 11 is 0. The molecule has 57 heavy (non-hydrogen) atoms. The summed E-state index contributed by atoms with van der Waals surface area (Å²) in [5, 5.41) is 0. The number of hydrogen-bond acceptors (Lipinski definition) is 6. The maximum Gasteiger partial charge on any atom is 0.306 e. The zero-order chi connectivity index (χ0) is 41.5. The minimum absolute atomic E-state index is 0.103. The number of allylic oxidation sites excluding steroid dienone is 16. The van der Waals surface area contributed by atoms with Crippen LogP contribution in [-0.4, -0.2) is 37.2 Å². The van der Waals surface area contributed by atoms with Gasteiger partial charge in [0.1, 0.15) is 13.2 Å². The first-order chi connectivity index (χ1) is 28.0. The third-order valence-corrected chi connectivity index (χ3v) is 9.13. The third kappa shape index (κ3) is 43.3. The average Bonchev–Trinajstić information content (AvgIpc) is 3.21. The van der Waals surface area contributed by atoms with Crippen LogP contribution in [0.25, 0.3) is 0 Å². The van der Waals surface area contributed by atoms with Crippen molar-refractivity contribution in [3.63, 3.8) is 0 Å². The van der Waals surface area contributed by atoms with E-state index in [-0.39, 0.29) is 31.1 Å². The van der Waals surface area contributed by atoms with Crippen molar-refractivity contribution >= 4 is 17.9 Å². The quantitative estimate of drug-likeness (QED) is 0.0203. The van der Waals surface area contributed by atoms with Gasteiger partial charge in [0.2, 0.25) is 0 Å². The van der Waals surface area contributed by atoms with Gasteiger partial charge in [0, 0.05) is 19.3 Å². The van der Waals surface area contributed by atoms with E-state index in [2.05, 4.69) is 112 Å². The summed E-state index contributed by atoms with van der Waals surface area (Å²) in [4.78, 5) is 37.8. The molecule has 0 aromatic heterocycles. The van der Waals surface area contributed by atoms with Gasteiger partial charge in [-0.25, -0.2) is 0 Å². The number of carbonyl (C=O) groups excluding carboxylic acids is 3. The molecule has 0 saturated heterocycles. The molecule has 1 unspecified atom stereocenters. The highest BCUT2D eigenvalue weighted by atomic mass is 16.6. The molecule has 6 heteroatoms. The van der Waals surface area contributed by atoms with Crippen molar-refractivity contribution in [1.82, 2.24) is 0 Å². The van der Waals surface area contributed by atoms with Crippen LogP contribution >= 0.6 is 0 Å². The number of unbranched alkanes of at least 4 members (excludes halogenated alkanes) is 14. The fraction of sp³-hybridized carbons (Fsp3) is 0.627. The summed E-state index contributed by atoms with van der Waals surface area (Å²) in [7, 11) is 0. The van der Waals surface area contributed by atoms with Crippen LogP contribution in [0.4, 0.5) is 0 Å². The molecular weight excluding hydrogens is 709 g/mol. The molecular formula is C51H82O6. The van der Waals surface area contributed by atoms with Crippen LogP contribution in [0.1, 0.15) is 188 Å². The molecule has 0 spiro atoms. The van der Waals surface area contributed by atoms with E-state index in [1.807, 2.05) is 6.08 Å². The second-order valence-corrected chi connectivity index (χ2v) is 14.6. The molecule has 0 aromatic carbocycles. The van der Waals surface area contributed by atoms with E-state index >= 15 is 0 Å². The van der Waals surface area contributed by atoms with E-state index in [9.17, 15) is 14.4 Å². The van der Waals surface area contributed by atoms with Crippen molar-refractivity contribution in [3.8, 4) is 0 Å².